The maximum absolute atomic E-state index is 5.20. The number of aliphatic imine (C=N–C) groups is 1. The molecule has 0 aromatic rings. The summed E-state index contributed by atoms with van der Waals surface area (Å²) in [7, 11) is 0. The molecule has 1 heteroatoms. The van der Waals surface area contributed by atoms with Crippen molar-refractivity contribution in [2.45, 2.75) is 27.2 Å². The van der Waals surface area contributed by atoms with Crippen LogP contribution >= 0.6 is 0 Å². The van der Waals surface area contributed by atoms with Crippen molar-refractivity contribution in [2.24, 2.45) is 10.4 Å². The number of hydrogen-bond acceptors (Lipinski definition) is 1. The first kappa shape index (κ1) is 9.97. The molecule has 0 aliphatic carbocycles. The highest BCUT2D eigenvalue weighted by atomic mass is 14.7. The highest BCUT2D eigenvalue weighted by Crippen LogP contribution is 2.20. The van der Waals surface area contributed by atoms with Crippen molar-refractivity contribution in [3.8, 4) is 12.3 Å². The molecular weight excluding hydrogens is 134 g/mol. The summed E-state index contributed by atoms with van der Waals surface area (Å²) in [6, 6.07) is 0. The van der Waals surface area contributed by atoms with Crippen molar-refractivity contribution >= 4 is 6.21 Å². The highest BCUT2D eigenvalue weighted by Gasteiger charge is 2.10. The van der Waals surface area contributed by atoms with E-state index in [1.165, 1.54) is 0 Å². The van der Waals surface area contributed by atoms with Crippen LogP contribution in [0.4, 0.5) is 0 Å². The van der Waals surface area contributed by atoms with E-state index in [9.17, 15) is 0 Å². The van der Waals surface area contributed by atoms with E-state index in [-0.39, 0.29) is 5.41 Å². The molecule has 0 aliphatic rings. The van der Waals surface area contributed by atoms with Gasteiger partial charge in [0.15, 0.2) is 0 Å². The molecule has 11 heavy (non-hydrogen) atoms. The lowest BCUT2D eigenvalue weighted by molar-refractivity contribution is 0.496. The zero-order valence-corrected chi connectivity index (χ0v) is 7.46. The Morgan fingerprint density at radius 2 is 2.18 bits per heavy atom. The average Bonchev–Trinajstić information content (AvgIpc) is 1.87. The maximum atomic E-state index is 5.20. The Morgan fingerprint density at radius 1 is 1.55 bits per heavy atom. The molecule has 0 N–H and O–H groups in total. The third kappa shape index (κ3) is 5.42. The summed E-state index contributed by atoms with van der Waals surface area (Å²) in [5.74, 6) is 2.63. The van der Waals surface area contributed by atoms with Gasteiger partial charge in [0, 0.05) is 18.8 Å². The predicted octanol–water partition coefficient (Wildman–Crippen LogP) is 2.64. The molecule has 0 aromatic carbocycles. The fourth-order valence-electron chi connectivity index (χ4n) is 0.653. The molecule has 0 saturated carbocycles. The van der Waals surface area contributed by atoms with E-state index in [0.29, 0.717) is 0 Å². The van der Waals surface area contributed by atoms with E-state index in [1.807, 2.05) is 13.0 Å². The average molecular weight is 149 g/mol. The highest BCUT2D eigenvalue weighted by molar-refractivity contribution is 5.54. The molecule has 0 fully saturated rings. The minimum atomic E-state index is 0.0707. The van der Waals surface area contributed by atoms with Crippen molar-refractivity contribution in [3.63, 3.8) is 0 Å². The van der Waals surface area contributed by atoms with Crippen LogP contribution in [-0.4, -0.2) is 6.21 Å². The zero-order chi connectivity index (χ0) is 8.74. The lowest BCUT2D eigenvalue weighted by atomic mass is 9.90. The molecule has 0 radical (unpaired) electrons. The molecule has 0 aromatic heterocycles. The van der Waals surface area contributed by atoms with Crippen LogP contribution in [0.25, 0.3) is 0 Å². The van der Waals surface area contributed by atoms with Crippen LogP contribution in [0, 0.1) is 17.8 Å². The molecule has 0 aliphatic heterocycles. The number of nitrogens with zero attached hydrogens (tertiary/aromatic N) is 1. The molecule has 0 atom stereocenters. The monoisotopic (exact) mass is 149 g/mol. The van der Waals surface area contributed by atoms with Gasteiger partial charge in [0.25, 0.3) is 0 Å². The summed E-state index contributed by atoms with van der Waals surface area (Å²) in [6.45, 7) is 6.07. The molecule has 0 unspecified atom stereocenters. The Morgan fingerprint density at radius 3 is 2.64 bits per heavy atom. The van der Waals surface area contributed by atoms with Gasteiger partial charge in [0.05, 0.1) is 0 Å². The SMILES string of the molecule is C#CCC(C)(C)/C=C\N=CC. The van der Waals surface area contributed by atoms with Gasteiger partial charge in [-0.2, -0.15) is 0 Å². The first-order valence-corrected chi connectivity index (χ1v) is 3.71. The molecule has 60 valence electrons. The predicted molar refractivity (Wildman–Crippen MR) is 50.5 cm³/mol. The van der Waals surface area contributed by atoms with Gasteiger partial charge in [-0.05, 0) is 12.3 Å². The minimum Gasteiger partial charge on any atom is -0.270 e. The van der Waals surface area contributed by atoms with Gasteiger partial charge >= 0.3 is 0 Å². The molecule has 1 nitrogen and oxygen atoms in total. The van der Waals surface area contributed by atoms with Gasteiger partial charge < -0.3 is 0 Å². The second kappa shape index (κ2) is 4.73. The van der Waals surface area contributed by atoms with E-state index >= 15 is 0 Å². The smallest absolute Gasteiger partial charge is 0.0229 e. The van der Waals surface area contributed by atoms with Gasteiger partial charge in [0.2, 0.25) is 0 Å². The van der Waals surface area contributed by atoms with Crippen molar-refractivity contribution in [1.82, 2.24) is 0 Å². The van der Waals surface area contributed by atoms with Gasteiger partial charge in [0.1, 0.15) is 0 Å². The van der Waals surface area contributed by atoms with Crippen molar-refractivity contribution in [1.29, 1.82) is 0 Å². The van der Waals surface area contributed by atoms with E-state index in [0.717, 1.165) is 6.42 Å². The molecule has 0 amide bonds. The second-order valence-corrected chi connectivity index (χ2v) is 3.09. The second-order valence-electron chi connectivity index (χ2n) is 3.09. The molecular formula is C10H15N. The number of allylic oxidation sites excluding steroid dienone is 1. The molecule has 0 spiro atoms. The van der Waals surface area contributed by atoms with Crippen LogP contribution < -0.4 is 0 Å². The summed E-state index contributed by atoms with van der Waals surface area (Å²) < 4.78 is 0. The van der Waals surface area contributed by atoms with E-state index in [4.69, 9.17) is 6.42 Å². The summed E-state index contributed by atoms with van der Waals surface area (Å²) in [4.78, 5) is 3.97. The maximum Gasteiger partial charge on any atom is 0.0229 e. The Bertz CT molecular complexity index is 191. The van der Waals surface area contributed by atoms with Crippen LogP contribution in [-0.2, 0) is 0 Å². The summed E-state index contributed by atoms with van der Waals surface area (Å²) >= 11 is 0. The fourth-order valence-corrected chi connectivity index (χ4v) is 0.653. The van der Waals surface area contributed by atoms with Gasteiger partial charge in [-0.15, -0.1) is 12.3 Å². The molecule has 0 rings (SSSR count). The summed E-state index contributed by atoms with van der Waals surface area (Å²) in [5, 5.41) is 0. The van der Waals surface area contributed by atoms with Crippen LogP contribution in [0.3, 0.4) is 0 Å². The Balaban J connectivity index is 4.01. The van der Waals surface area contributed by atoms with Crippen molar-refractivity contribution in [3.05, 3.63) is 12.3 Å². The number of rotatable bonds is 3. The van der Waals surface area contributed by atoms with E-state index < -0.39 is 0 Å². The lowest BCUT2D eigenvalue weighted by Gasteiger charge is -2.14. The van der Waals surface area contributed by atoms with Crippen molar-refractivity contribution < 1.29 is 0 Å². The lowest BCUT2D eigenvalue weighted by Crippen LogP contribution is -2.04. The topological polar surface area (TPSA) is 12.4 Å². The van der Waals surface area contributed by atoms with Crippen LogP contribution in [0.5, 0.6) is 0 Å². The van der Waals surface area contributed by atoms with Gasteiger partial charge in [-0.3, -0.25) is 4.99 Å². The Kier molecular flexibility index (Phi) is 4.29. The van der Waals surface area contributed by atoms with E-state index in [1.54, 1.807) is 12.4 Å². The molecule has 0 heterocycles. The van der Waals surface area contributed by atoms with Crippen molar-refractivity contribution in [2.75, 3.05) is 0 Å². The third-order valence-corrected chi connectivity index (χ3v) is 1.32. The quantitative estimate of drug-likeness (QED) is 0.432. The third-order valence-electron chi connectivity index (χ3n) is 1.32. The first-order valence-electron chi connectivity index (χ1n) is 3.71. The summed E-state index contributed by atoms with van der Waals surface area (Å²) in [5.41, 5.74) is 0.0707. The standard InChI is InChI=1S/C10H15N/c1-5-7-10(3,4)8-9-11-6-2/h1,6,8-9H,7H2,2-4H3/b9-8-,11-6?. The molecule has 0 bridgehead atoms. The van der Waals surface area contributed by atoms with Gasteiger partial charge in [-0.25, -0.2) is 0 Å². The van der Waals surface area contributed by atoms with Crippen LogP contribution in [0.2, 0.25) is 0 Å². The van der Waals surface area contributed by atoms with Crippen LogP contribution in [0.1, 0.15) is 27.2 Å². The zero-order valence-electron chi connectivity index (χ0n) is 7.46. The van der Waals surface area contributed by atoms with Crippen LogP contribution in [0.15, 0.2) is 17.3 Å². The molecule has 0 saturated heterocycles. The number of terminal acetylenes is 1. The number of hydrogen-bond donors (Lipinski definition) is 0. The first-order chi connectivity index (χ1) is 5.12. The Hall–Kier alpha value is -1.03. The van der Waals surface area contributed by atoms with E-state index in [2.05, 4.69) is 24.8 Å². The van der Waals surface area contributed by atoms with Gasteiger partial charge in [-0.1, -0.05) is 19.9 Å². The summed E-state index contributed by atoms with van der Waals surface area (Å²) in [6.07, 6.45) is 11.5. The Labute approximate surface area is 69.2 Å². The minimum absolute atomic E-state index is 0.0707. The normalized spacial score (nSPS) is 12.5. The largest absolute Gasteiger partial charge is 0.270 e. The fraction of sp³-hybridized carbons (Fsp3) is 0.500.